The molecule has 1 aliphatic rings. The first-order valence-corrected chi connectivity index (χ1v) is 20.6. The molecular weight excluding hydrogens is 705 g/mol. The minimum absolute atomic E-state index is 0.223. The standard InChI is InChI=1S/C35H36N2O8S4/c1-4-23(19-32-36(15-9-17-48(38,39)40)34-26-13-7-5-11-24(26)28(44-2)21-30(34)46-32)20-33-37(16-10-18-49(41,42)43)35-27-14-8-6-12-25(27)29(45-3)22-31(35)47-33/h5-8,11-14,19-22H,4,9-10,15-18H2,1-3H3,(H-,38,39,40,41,42,43)/p+1. The number of hydrogen-bond donors (Lipinski definition) is 2. The number of nitrogens with zero attached hydrogens (tertiary/aromatic N) is 2. The predicted molar refractivity (Wildman–Crippen MR) is 198 cm³/mol. The van der Waals surface area contributed by atoms with Crippen LogP contribution in [0.25, 0.3) is 37.8 Å². The third kappa shape index (κ3) is 7.59. The maximum atomic E-state index is 11.6. The molecule has 4 aromatic carbocycles. The van der Waals surface area contributed by atoms with Crippen LogP contribution in [0.5, 0.6) is 11.5 Å². The van der Waals surface area contributed by atoms with Gasteiger partial charge in [0.2, 0.25) is 5.52 Å². The van der Waals surface area contributed by atoms with Gasteiger partial charge in [0, 0.05) is 46.2 Å². The Morgan fingerprint density at radius 2 is 1.45 bits per heavy atom. The van der Waals surface area contributed by atoms with Crippen LogP contribution in [0, 0.1) is 0 Å². The minimum atomic E-state index is -4.14. The number of benzene rings is 4. The summed E-state index contributed by atoms with van der Waals surface area (Å²) in [5, 5.41) is 5.64. The molecule has 258 valence electrons. The molecule has 5 aromatic rings. The van der Waals surface area contributed by atoms with Gasteiger partial charge in [-0.2, -0.15) is 21.4 Å². The Balaban J connectivity index is 1.49. The zero-order valence-electron chi connectivity index (χ0n) is 27.2. The maximum absolute atomic E-state index is 11.6. The lowest BCUT2D eigenvalue weighted by molar-refractivity contribution is -0.667. The van der Waals surface area contributed by atoms with E-state index in [1.165, 1.54) is 0 Å². The van der Waals surface area contributed by atoms with Gasteiger partial charge in [0.1, 0.15) is 16.2 Å². The number of ether oxygens (including phenoxy) is 2. The van der Waals surface area contributed by atoms with E-state index < -0.39 is 20.2 Å². The van der Waals surface area contributed by atoms with Crippen molar-refractivity contribution in [3.63, 3.8) is 0 Å². The fourth-order valence-electron chi connectivity index (χ4n) is 6.24. The topological polar surface area (TPSA) is 134 Å². The highest BCUT2D eigenvalue weighted by Gasteiger charge is 2.30. The summed E-state index contributed by atoms with van der Waals surface area (Å²) in [6.07, 6.45) is 5.32. The van der Waals surface area contributed by atoms with Gasteiger partial charge in [-0.1, -0.05) is 72.5 Å². The SMILES string of the molecule is CCC(/C=C1\Sc2cc(OC)c3ccccc3c2N1CCCS(=O)(=O)O)=C\c1sc2cc(OC)c3ccccc3c2[n+]1CCCS(=O)(=O)O. The average molecular weight is 742 g/mol. The minimum Gasteiger partial charge on any atom is -0.496 e. The summed E-state index contributed by atoms with van der Waals surface area (Å²) in [6, 6.07) is 19.9. The number of anilines is 1. The van der Waals surface area contributed by atoms with Crippen molar-refractivity contribution in [3.05, 3.63) is 82.3 Å². The van der Waals surface area contributed by atoms with E-state index in [1.807, 2.05) is 60.7 Å². The van der Waals surface area contributed by atoms with Crippen LogP contribution in [-0.2, 0) is 26.8 Å². The van der Waals surface area contributed by atoms with Crippen LogP contribution in [0.3, 0.4) is 0 Å². The van der Waals surface area contributed by atoms with Gasteiger partial charge in [-0.15, -0.1) is 0 Å². The number of rotatable bonds is 13. The second-order valence-electron chi connectivity index (χ2n) is 11.6. The molecular formula is C35H37N2O8S4+. The largest absolute Gasteiger partial charge is 0.496 e. The van der Waals surface area contributed by atoms with Crippen molar-refractivity contribution < 1.29 is 40.0 Å². The van der Waals surface area contributed by atoms with E-state index in [0.717, 1.165) is 69.5 Å². The fraction of sp³-hybridized carbons (Fsp3) is 0.286. The molecule has 0 saturated heterocycles. The van der Waals surface area contributed by atoms with Gasteiger partial charge in [-0.25, -0.2) is 0 Å². The van der Waals surface area contributed by atoms with Crippen molar-refractivity contribution in [2.45, 2.75) is 37.6 Å². The second-order valence-corrected chi connectivity index (χ2v) is 16.9. The van der Waals surface area contributed by atoms with Gasteiger partial charge < -0.3 is 14.4 Å². The monoisotopic (exact) mass is 741 g/mol. The normalized spacial score (nSPS) is 14.8. The lowest BCUT2D eigenvalue weighted by Crippen LogP contribution is -2.36. The van der Waals surface area contributed by atoms with Gasteiger partial charge in [0.25, 0.3) is 25.2 Å². The molecule has 2 heterocycles. The summed E-state index contributed by atoms with van der Waals surface area (Å²) in [6.45, 7) is 2.79. The smallest absolute Gasteiger partial charge is 0.265 e. The molecule has 1 aromatic heterocycles. The number of aromatic nitrogens is 1. The third-order valence-electron chi connectivity index (χ3n) is 8.42. The summed E-state index contributed by atoms with van der Waals surface area (Å²) in [5.74, 6) is 0.769. The summed E-state index contributed by atoms with van der Waals surface area (Å²) in [4.78, 5) is 3.09. The molecule has 0 saturated carbocycles. The van der Waals surface area contributed by atoms with Crippen LogP contribution >= 0.6 is 23.1 Å². The van der Waals surface area contributed by atoms with Crippen molar-refractivity contribution in [2.24, 2.45) is 0 Å². The molecule has 2 N–H and O–H groups in total. The highest BCUT2D eigenvalue weighted by Crippen LogP contribution is 2.52. The molecule has 0 aliphatic carbocycles. The van der Waals surface area contributed by atoms with Crippen LogP contribution in [0.4, 0.5) is 5.69 Å². The molecule has 0 fully saturated rings. The number of thioether (sulfide) groups is 1. The zero-order valence-corrected chi connectivity index (χ0v) is 30.5. The molecule has 6 rings (SSSR count). The first kappa shape index (κ1) is 35.2. The molecule has 14 heteroatoms. The molecule has 0 atom stereocenters. The van der Waals surface area contributed by atoms with Gasteiger partial charge in [0.15, 0.2) is 6.54 Å². The molecule has 0 unspecified atom stereocenters. The predicted octanol–water partition coefficient (Wildman–Crippen LogP) is 7.32. The van der Waals surface area contributed by atoms with Gasteiger partial charge in [-0.3, -0.25) is 9.11 Å². The maximum Gasteiger partial charge on any atom is 0.265 e. The van der Waals surface area contributed by atoms with Crippen LogP contribution in [-0.4, -0.2) is 58.2 Å². The van der Waals surface area contributed by atoms with Crippen LogP contribution < -0.4 is 18.9 Å². The number of allylic oxidation sites excluding steroid dienone is 2. The lowest BCUT2D eigenvalue weighted by Gasteiger charge is -2.22. The average Bonchev–Trinajstić information content (AvgIpc) is 3.59. The van der Waals surface area contributed by atoms with Crippen molar-refractivity contribution in [1.29, 1.82) is 0 Å². The molecule has 1 aliphatic heterocycles. The Bertz CT molecular complexity index is 2350. The summed E-state index contributed by atoms with van der Waals surface area (Å²) >= 11 is 3.15. The number of hydrogen-bond acceptors (Lipinski definition) is 9. The number of aryl methyl sites for hydroxylation is 1. The Kier molecular flexibility index (Phi) is 10.3. The first-order valence-electron chi connectivity index (χ1n) is 15.7. The third-order valence-corrected chi connectivity index (χ3v) is 12.2. The van der Waals surface area contributed by atoms with Crippen LogP contribution in [0.2, 0.25) is 0 Å². The van der Waals surface area contributed by atoms with Gasteiger partial charge in [-0.05, 0) is 36.6 Å². The molecule has 0 spiro atoms. The molecule has 49 heavy (non-hydrogen) atoms. The molecule has 0 bridgehead atoms. The first-order chi connectivity index (χ1) is 23.4. The zero-order chi connectivity index (χ0) is 34.9. The summed E-state index contributed by atoms with van der Waals surface area (Å²) in [7, 11) is -4.99. The van der Waals surface area contributed by atoms with Gasteiger partial charge in [0.05, 0.1) is 41.8 Å². The van der Waals surface area contributed by atoms with E-state index >= 15 is 0 Å². The lowest BCUT2D eigenvalue weighted by atomic mass is 10.1. The van der Waals surface area contributed by atoms with E-state index in [-0.39, 0.29) is 24.3 Å². The summed E-state index contributed by atoms with van der Waals surface area (Å²) < 4.78 is 80.1. The fourth-order valence-corrected chi connectivity index (χ4v) is 9.65. The van der Waals surface area contributed by atoms with Crippen molar-refractivity contribution in [1.82, 2.24) is 0 Å². The molecule has 0 radical (unpaired) electrons. The van der Waals surface area contributed by atoms with E-state index in [9.17, 15) is 25.9 Å². The quantitative estimate of drug-likeness (QED) is 0.0935. The Morgan fingerprint density at radius 1 is 0.857 bits per heavy atom. The Labute approximate surface area is 294 Å². The summed E-state index contributed by atoms with van der Waals surface area (Å²) in [5.41, 5.74) is 2.91. The Hall–Kier alpha value is -3.66. The van der Waals surface area contributed by atoms with Crippen molar-refractivity contribution >= 4 is 86.9 Å². The molecule has 10 nitrogen and oxygen atoms in total. The number of thiazole rings is 1. The van der Waals surface area contributed by atoms with Crippen molar-refractivity contribution in [2.75, 3.05) is 37.2 Å². The van der Waals surface area contributed by atoms with E-state index in [4.69, 9.17) is 9.47 Å². The van der Waals surface area contributed by atoms with Crippen LogP contribution in [0.15, 0.2) is 82.2 Å². The van der Waals surface area contributed by atoms with E-state index in [0.29, 0.717) is 19.5 Å². The van der Waals surface area contributed by atoms with Crippen LogP contribution in [0.1, 0.15) is 31.2 Å². The van der Waals surface area contributed by atoms with Gasteiger partial charge >= 0.3 is 0 Å². The highest BCUT2D eigenvalue weighted by molar-refractivity contribution is 8.03. The second kappa shape index (κ2) is 14.3. The Morgan fingerprint density at radius 3 is 2.08 bits per heavy atom. The highest BCUT2D eigenvalue weighted by atomic mass is 32.2. The number of fused-ring (bicyclic) bond motifs is 6. The van der Waals surface area contributed by atoms with E-state index in [1.54, 1.807) is 37.3 Å². The number of methoxy groups -OCH3 is 2. The van der Waals surface area contributed by atoms with E-state index in [2.05, 4.69) is 28.5 Å². The molecule has 0 amide bonds. The van der Waals surface area contributed by atoms with Crippen molar-refractivity contribution in [3.8, 4) is 11.5 Å².